The lowest BCUT2D eigenvalue weighted by Gasteiger charge is -2.20. The molecule has 0 radical (unpaired) electrons. The predicted octanol–water partition coefficient (Wildman–Crippen LogP) is 4.48. The molecule has 0 aromatic heterocycles. The Kier molecular flexibility index (Phi) is 6.87. The number of benzene rings is 2. The normalized spacial score (nSPS) is 14.3. The highest BCUT2D eigenvalue weighted by molar-refractivity contribution is 9.10. The van der Waals surface area contributed by atoms with Crippen LogP contribution in [0, 0.1) is 0 Å². The standard InChI is InChI=1S/C21H23BrN2O3/c22-17-8-10-19(11-9-17)27-15-20(25)23-18-7-5-6-16(14-18)21(26)24-12-3-1-2-4-13-24/h5-11,14H,1-4,12-13,15H2,(H,23,25). The average Bonchev–Trinajstić information content (AvgIpc) is 2.97. The Morgan fingerprint density at radius 1 is 1.00 bits per heavy atom. The molecule has 1 fully saturated rings. The summed E-state index contributed by atoms with van der Waals surface area (Å²) in [5, 5.41) is 2.79. The fourth-order valence-corrected chi connectivity index (χ4v) is 3.33. The molecule has 0 atom stereocenters. The van der Waals surface area contributed by atoms with Crippen molar-refractivity contribution in [1.29, 1.82) is 0 Å². The maximum atomic E-state index is 12.7. The first-order valence-corrected chi connectivity index (χ1v) is 9.99. The molecule has 1 saturated heterocycles. The third-order valence-corrected chi connectivity index (χ3v) is 5.00. The summed E-state index contributed by atoms with van der Waals surface area (Å²) in [7, 11) is 0. The maximum Gasteiger partial charge on any atom is 0.262 e. The summed E-state index contributed by atoms with van der Waals surface area (Å²) < 4.78 is 6.42. The van der Waals surface area contributed by atoms with E-state index in [4.69, 9.17) is 4.74 Å². The van der Waals surface area contributed by atoms with Gasteiger partial charge < -0.3 is 15.0 Å². The SMILES string of the molecule is O=C(COc1ccc(Br)cc1)Nc1cccc(C(=O)N2CCCCCC2)c1. The van der Waals surface area contributed by atoms with Crippen LogP contribution in [0.15, 0.2) is 53.0 Å². The smallest absolute Gasteiger partial charge is 0.262 e. The molecule has 142 valence electrons. The van der Waals surface area contributed by atoms with Crippen molar-refractivity contribution in [3.63, 3.8) is 0 Å². The zero-order chi connectivity index (χ0) is 19.1. The molecular weight excluding hydrogens is 408 g/mol. The molecule has 2 amide bonds. The van der Waals surface area contributed by atoms with Gasteiger partial charge in [0.25, 0.3) is 11.8 Å². The number of ether oxygens (including phenoxy) is 1. The van der Waals surface area contributed by atoms with Gasteiger partial charge in [-0.3, -0.25) is 9.59 Å². The molecular formula is C21H23BrN2O3. The first-order chi connectivity index (χ1) is 13.1. The number of nitrogens with zero attached hydrogens (tertiary/aromatic N) is 1. The van der Waals surface area contributed by atoms with Crippen LogP contribution in [0.4, 0.5) is 5.69 Å². The van der Waals surface area contributed by atoms with Gasteiger partial charge >= 0.3 is 0 Å². The van der Waals surface area contributed by atoms with Crippen molar-refractivity contribution in [2.24, 2.45) is 0 Å². The second-order valence-electron chi connectivity index (χ2n) is 6.58. The monoisotopic (exact) mass is 430 g/mol. The molecule has 0 aliphatic carbocycles. The number of hydrogen-bond donors (Lipinski definition) is 1. The Morgan fingerprint density at radius 3 is 2.41 bits per heavy atom. The molecule has 2 aromatic rings. The lowest BCUT2D eigenvalue weighted by Crippen LogP contribution is -2.31. The molecule has 5 nitrogen and oxygen atoms in total. The van der Waals surface area contributed by atoms with Crippen molar-refractivity contribution in [1.82, 2.24) is 4.90 Å². The van der Waals surface area contributed by atoms with E-state index < -0.39 is 0 Å². The molecule has 2 aromatic carbocycles. The van der Waals surface area contributed by atoms with E-state index in [0.717, 1.165) is 30.4 Å². The highest BCUT2D eigenvalue weighted by Crippen LogP contribution is 2.18. The second-order valence-corrected chi connectivity index (χ2v) is 7.49. The summed E-state index contributed by atoms with van der Waals surface area (Å²) in [6, 6.07) is 14.4. The van der Waals surface area contributed by atoms with Gasteiger partial charge in [0.05, 0.1) is 0 Å². The third kappa shape index (κ3) is 5.82. The van der Waals surface area contributed by atoms with Gasteiger partial charge in [-0.1, -0.05) is 34.8 Å². The first-order valence-electron chi connectivity index (χ1n) is 9.19. The summed E-state index contributed by atoms with van der Waals surface area (Å²) >= 11 is 3.36. The molecule has 27 heavy (non-hydrogen) atoms. The number of likely N-dealkylation sites (tertiary alicyclic amines) is 1. The lowest BCUT2D eigenvalue weighted by molar-refractivity contribution is -0.118. The van der Waals surface area contributed by atoms with Crippen molar-refractivity contribution in [2.45, 2.75) is 25.7 Å². The Balaban J connectivity index is 1.57. The van der Waals surface area contributed by atoms with E-state index in [0.29, 0.717) is 17.0 Å². The van der Waals surface area contributed by atoms with Gasteiger partial charge in [-0.15, -0.1) is 0 Å². The van der Waals surface area contributed by atoms with Crippen molar-refractivity contribution in [3.05, 3.63) is 58.6 Å². The summed E-state index contributed by atoms with van der Waals surface area (Å²) in [4.78, 5) is 26.8. The maximum absolute atomic E-state index is 12.7. The number of hydrogen-bond acceptors (Lipinski definition) is 3. The van der Waals surface area contributed by atoms with Gasteiger partial charge in [0.2, 0.25) is 0 Å². The van der Waals surface area contributed by atoms with Crippen LogP contribution in [-0.4, -0.2) is 36.4 Å². The van der Waals surface area contributed by atoms with Crippen molar-refractivity contribution in [3.8, 4) is 5.75 Å². The first kappa shape index (κ1) is 19.4. The van der Waals surface area contributed by atoms with Crippen molar-refractivity contribution < 1.29 is 14.3 Å². The zero-order valence-electron chi connectivity index (χ0n) is 15.1. The summed E-state index contributed by atoms with van der Waals surface area (Å²) in [6.07, 6.45) is 4.46. The van der Waals surface area contributed by atoms with Crippen LogP contribution < -0.4 is 10.1 Å². The molecule has 0 spiro atoms. The van der Waals surface area contributed by atoms with E-state index in [2.05, 4.69) is 21.2 Å². The van der Waals surface area contributed by atoms with E-state index >= 15 is 0 Å². The van der Waals surface area contributed by atoms with Crippen LogP contribution in [0.3, 0.4) is 0 Å². The van der Waals surface area contributed by atoms with E-state index in [1.54, 1.807) is 36.4 Å². The van der Waals surface area contributed by atoms with Gasteiger partial charge in [-0.05, 0) is 55.3 Å². The molecule has 1 heterocycles. The van der Waals surface area contributed by atoms with Crippen LogP contribution in [0.1, 0.15) is 36.0 Å². The minimum absolute atomic E-state index is 0.0270. The predicted molar refractivity (Wildman–Crippen MR) is 109 cm³/mol. The van der Waals surface area contributed by atoms with Crippen LogP contribution in [0.25, 0.3) is 0 Å². The fraction of sp³-hybridized carbons (Fsp3) is 0.333. The molecule has 1 N–H and O–H groups in total. The highest BCUT2D eigenvalue weighted by Gasteiger charge is 2.17. The third-order valence-electron chi connectivity index (χ3n) is 4.47. The number of carbonyl (C=O) groups excluding carboxylic acids is 2. The molecule has 6 heteroatoms. The van der Waals surface area contributed by atoms with Gasteiger partial charge in [-0.2, -0.15) is 0 Å². The van der Waals surface area contributed by atoms with E-state index in [1.165, 1.54) is 12.8 Å². The number of anilines is 1. The number of rotatable bonds is 5. The van der Waals surface area contributed by atoms with Gasteiger partial charge in [0.1, 0.15) is 5.75 Å². The minimum Gasteiger partial charge on any atom is -0.484 e. The van der Waals surface area contributed by atoms with Crippen LogP contribution >= 0.6 is 15.9 Å². The van der Waals surface area contributed by atoms with Gasteiger partial charge in [0.15, 0.2) is 6.61 Å². The molecule has 0 bridgehead atoms. The Labute approximate surface area is 167 Å². The topological polar surface area (TPSA) is 58.6 Å². The zero-order valence-corrected chi connectivity index (χ0v) is 16.7. The number of amides is 2. The molecule has 1 aliphatic heterocycles. The number of carbonyl (C=O) groups is 2. The van der Waals surface area contributed by atoms with E-state index in [9.17, 15) is 9.59 Å². The number of halogens is 1. The van der Waals surface area contributed by atoms with Crippen molar-refractivity contribution in [2.75, 3.05) is 25.0 Å². The fourth-order valence-electron chi connectivity index (χ4n) is 3.06. The average molecular weight is 431 g/mol. The largest absolute Gasteiger partial charge is 0.484 e. The number of nitrogens with one attached hydrogen (secondary N) is 1. The van der Waals surface area contributed by atoms with Crippen LogP contribution in [-0.2, 0) is 4.79 Å². The Bertz CT molecular complexity index is 784. The summed E-state index contributed by atoms with van der Waals surface area (Å²) in [6.45, 7) is 1.51. The summed E-state index contributed by atoms with van der Waals surface area (Å²) in [5.41, 5.74) is 1.20. The minimum atomic E-state index is -0.266. The van der Waals surface area contributed by atoms with Gasteiger partial charge in [0, 0.05) is 28.8 Å². The van der Waals surface area contributed by atoms with Crippen LogP contribution in [0.5, 0.6) is 5.75 Å². The highest BCUT2D eigenvalue weighted by atomic mass is 79.9. The lowest BCUT2D eigenvalue weighted by atomic mass is 10.1. The Morgan fingerprint density at radius 2 is 1.70 bits per heavy atom. The second kappa shape index (κ2) is 9.55. The van der Waals surface area contributed by atoms with E-state index in [1.807, 2.05) is 17.0 Å². The molecule has 3 rings (SSSR count). The molecule has 1 aliphatic rings. The van der Waals surface area contributed by atoms with Crippen molar-refractivity contribution >= 4 is 33.4 Å². The molecule has 0 unspecified atom stereocenters. The van der Waals surface area contributed by atoms with E-state index in [-0.39, 0.29) is 18.4 Å². The quantitative estimate of drug-likeness (QED) is 0.760. The van der Waals surface area contributed by atoms with Gasteiger partial charge in [-0.25, -0.2) is 0 Å². The van der Waals surface area contributed by atoms with Crippen LogP contribution in [0.2, 0.25) is 0 Å². The summed E-state index contributed by atoms with van der Waals surface area (Å²) in [5.74, 6) is 0.384. The molecule has 0 saturated carbocycles. The Hall–Kier alpha value is -2.34.